The van der Waals surface area contributed by atoms with E-state index < -0.39 is 51.0 Å². The fourth-order valence-electron chi connectivity index (χ4n) is 4.75. The number of sulfonamides is 1. The molecule has 10 heteroatoms. The lowest BCUT2D eigenvalue weighted by atomic mass is 9.91. The van der Waals surface area contributed by atoms with Crippen molar-refractivity contribution in [3.63, 3.8) is 0 Å². The van der Waals surface area contributed by atoms with Gasteiger partial charge in [0.05, 0.1) is 12.3 Å². The number of hydrogen-bond donors (Lipinski definition) is 1. The van der Waals surface area contributed by atoms with Gasteiger partial charge in [-0.3, -0.25) is 4.79 Å². The van der Waals surface area contributed by atoms with E-state index in [1.54, 1.807) is 24.3 Å². The summed E-state index contributed by atoms with van der Waals surface area (Å²) in [5, 5.41) is 0. The Morgan fingerprint density at radius 2 is 1.76 bits per heavy atom. The fraction of sp³-hybridized carbons (Fsp3) is 0.435. The molecule has 1 N–H and O–H groups in total. The van der Waals surface area contributed by atoms with Crippen molar-refractivity contribution < 1.29 is 30.8 Å². The van der Waals surface area contributed by atoms with E-state index in [0.29, 0.717) is 36.5 Å². The first kappa shape index (κ1) is 23.7. The molecule has 2 fully saturated rings. The average Bonchev–Trinajstić information content (AvgIpc) is 3.41. The number of nitrogens with zero attached hydrogens (tertiary/aromatic N) is 1. The Hall–Kier alpha value is -2.46. The standard InChI is InChI=1S/C23H24F4N2O3S/c1-22(26,27)21(30)29-13-23(6-7-23)20(28-33(2,31)32)19(29)9-14-4-3-5-15(8-14)16-10-17(24)12-18(25)11-16/h3-5,8,10-12,19-20,28H,6-7,9,13H2,1-2H3. The maximum Gasteiger partial charge on any atom is 0.322 e. The summed E-state index contributed by atoms with van der Waals surface area (Å²) in [6.45, 7) is 0.574. The summed E-state index contributed by atoms with van der Waals surface area (Å²) in [6.07, 6.45) is 2.34. The van der Waals surface area contributed by atoms with Gasteiger partial charge in [0.2, 0.25) is 10.0 Å². The van der Waals surface area contributed by atoms with Crippen molar-refractivity contribution in [2.24, 2.45) is 5.41 Å². The molecule has 0 aromatic heterocycles. The summed E-state index contributed by atoms with van der Waals surface area (Å²) in [5.41, 5.74) is 0.866. The lowest BCUT2D eigenvalue weighted by Crippen LogP contribution is -2.51. The molecule has 1 amide bonds. The molecule has 1 saturated heterocycles. The van der Waals surface area contributed by atoms with E-state index in [4.69, 9.17) is 0 Å². The summed E-state index contributed by atoms with van der Waals surface area (Å²) in [4.78, 5) is 13.7. The lowest BCUT2D eigenvalue weighted by Gasteiger charge is -2.30. The van der Waals surface area contributed by atoms with Crippen LogP contribution in [0.3, 0.4) is 0 Å². The van der Waals surface area contributed by atoms with Crippen LogP contribution in [-0.2, 0) is 21.2 Å². The highest BCUT2D eigenvalue weighted by Crippen LogP contribution is 2.56. The third-order valence-electron chi connectivity index (χ3n) is 6.37. The fourth-order valence-corrected chi connectivity index (χ4v) is 5.62. The van der Waals surface area contributed by atoms with E-state index in [9.17, 15) is 30.8 Å². The Bertz CT molecular complexity index is 1170. The van der Waals surface area contributed by atoms with Crippen LogP contribution < -0.4 is 4.72 Å². The number of nitrogens with one attached hydrogen (secondary N) is 1. The van der Waals surface area contributed by atoms with Crippen LogP contribution in [0.1, 0.15) is 25.3 Å². The minimum absolute atomic E-state index is 0.0436. The Balaban J connectivity index is 1.70. The number of benzene rings is 2. The first-order valence-electron chi connectivity index (χ1n) is 10.5. The van der Waals surface area contributed by atoms with E-state index in [1.165, 1.54) is 12.1 Å². The van der Waals surface area contributed by atoms with Gasteiger partial charge in [-0.15, -0.1) is 0 Å². The molecule has 2 aromatic rings. The minimum Gasteiger partial charge on any atom is -0.332 e. The van der Waals surface area contributed by atoms with Gasteiger partial charge in [-0.05, 0) is 48.1 Å². The zero-order valence-corrected chi connectivity index (χ0v) is 18.9. The van der Waals surface area contributed by atoms with E-state index >= 15 is 0 Å². The smallest absolute Gasteiger partial charge is 0.322 e. The van der Waals surface area contributed by atoms with Gasteiger partial charge < -0.3 is 4.90 Å². The van der Waals surface area contributed by atoms with Crippen LogP contribution in [-0.4, -0.2) is 50.0 Å². The number of hydrogen-bond acceptors (Lipinski definition) is 3. The van der Waals surface area contributed by atoms with Gasteiger partial charge in [0.15, 0.2) is 0 Å². The second kappa shape index (κ2) is 8.09. The zero-order chi connectivity index (χ0) is 24.2. The number of alkyl halides is 2. The van der Waals surface area contributed by atoms with Crippen molar-refractivity contribution in [3.05, 3.63) is 59.7 Å². The molecule has 2 aromatic carbocycles. The maximum absolute atomic E-state index is 14.0. The van der Waals surface area contributed by atoms with Crippen molar-refractivity contribution in [3.8, 4) is 11.1 Å². The first-order chi connectivity index (χ1) is 15.3. The number of halogens is 4. The number of carbonyl (C=O) groups is 1. The molecule has 2 aliphatic rings. The normalized spacial score (nSPS) is 22.1. The number of carbonyl (C=O) groups excluding carboxylic acids is 1. The number of likely N-dealkylation sites (tertiary alicyclic amines) is 1. The number of rotatable bonds is 6. The molecule has 5 nitrogen and oxygen atoms in total. The zero-order valence-electron chi connectivity index (χ0n) is 18.1. The van der Waals surface area contributed by atoms with Crippen LogP contribution in [0.5, 0.6) is 0 Å². The Labute approximate surface area is 189 Å². The molecular weight excluding hydrogens is 460 g/mol. The Morgan fingerprint density at radius 1 is 1.12 bits per heavy atom. The van der Waals surface area contributed by atoms with E-state index in [2.05, 4.69) is 4.72 Å². The molecular formula is C23H24F4N2O3S. The lowest BCUT2D eigenvalue weighted by molar-refractivity contribution is -0.156. The van der Waals surface area contributed by atoms with E-state index in [1.807, 2.05) is 0 Å². The SMILES string of the molecule is CC(F)(F)C(=O)N1CC2(CC2)C(NS(C)(=O)=O)C1Cc1cccc(-c2cc(F)cc(F)c2)c1. The molecule has 1 spiro atoms. The van der Waals surface area contributed by atoms with Gasteiger partial charge in [0, 0.05) is 31.0 Å². The van der Waals surface area contributed by atoms with Gasteiger partial charge in [-0.1, -0.05) is 24.3 Å². The average molecular weight is 485 g/mol. The maximum atomic E-state index is 14.0. The van der Waals surface area contributed by atoms with Crippen LogP contribution in [0, 0.1) is 17.0 Å². The summed E-state index contributed by atoms with van der Waals surface area (Å²) in [6, 6.07) is 8.26. The Kier molecular flexibility index (Phi) is 5.81. The van der Waals surface area contributed by atoms with Crippen LogP contribution in [0.2, 0.25) is 0 Å². The summed E-state index contributed by atoms with van der Waals surface area (Å²) in [7, 11) is -3.67. The molecule has 0 bridgehead atoms. The third-order valence-corrected chi connectivity index (χ3v) is 7.05. The monoisotopic (exact) mass is 484 g/mol. The Morgan fingerprint density at radius 3 is 2.30 bits per heavy atom. The molecule has 1 aliphatic carbocycles. The predicted octanol–water partition coefficient (Wildman–Crippen LogP) is 3.74. The molecule has 178 valence electrons. The van der Waals surface area contributed by atoms with Crippen molar-refractivity contribution in [2.75, 3.05) is 12.8 Å². The van der Waals surface area contributed by atoms with Crippen LogP contribution in [0.15, 0.2) is 42.5 Å². The number of amides is 1. The second-order valence-corrected chi connectivity index (χ2v) is 11.0. The van der Waals surface area contributed by atoms with Crippen molar-refractivity contribution in [1.82, 2.24) is 9.62 Å². The van der Waals surface area contributed by atoms with Gasteiger partial charge >= 0.3 is 5.92 Å². The van der Waals surface area contributed by atoms with Crippen LogP contribution >= 0.6 is 0 Å². The summed E-state index contributed by atoms with van der Waals surface area (Å²) >= 11 is 0. The molecule has 1 heterocycles. The van der Waals surface area contributed by atoms with Crippen LogP contribution in [0.25, 0.3) is 11.1 Å². The highest BCUT2D eigenvalue weighted by molar-refractivity contribution is 7.88. The van der Waals surface area contributed by atoms with Crippen molar-refractivity contribution >= 4 is 15.9 Å². The van der Waals surface area contributed by atoms with Crippen molar-refractivity contribution in [2.45, 2.75) is 44.2 Å². The van der Waals surface area contributed by atoms with Gasteiger partial charge in [0.25, 0.3) is 5.91 Å². The summed E-state index contributed by atoms with van der Waals surface area (Å²) < 4.78 is 82.0. The van der Waals surface area contributed by atoms with Gasteiger partial charge in [-0.25, -0.2) is 21.9 Å². The molecule has 1 aliphatic heterocycles. The molecule has 33 heavy (non-hydrogen) atoms. The quantitative estimate of drug-likeness (QED) is 0.636. The molecule has 2 unspecified atom stereocenters. The van der Waals surface area contributed by atoms with E-state index in [0.717, 1.165) is 17.2 Å². The highest BCUT2D eigenvalue weighted by atomic mass is 32.2. The predicted molar refractivity (Wildman–Crippen MR) is 115 cm³/mol. The van der Waals surface area contributed by atoms with Gasteiger partial charge in [-0.2, -0.15) is 8.78 Å². The highest BCUT2D eigenvalue weighted by Gasteiger charge is 2.62. The summed E-state index contributed by atoms with van der Waals surface area (Å²) in [5.74, 6) is -6.42. The topological polar surface area (TPSA) is 66.5 Å². The van der Waals surface area contributed by atoms with Gasteiger partial charge in [0.1, 0.15) is 11.6 Å². The first-order valence-corrected chi connectivity index (χ1v) is 12.4. The minimum atomic E-state index is -3.67. The second-order valence-electron chi connectivity index (χ2n) is 9.18. The molecule has 4 rings (SSSR count). The largest absolute Gasteiger partial charge is 0.332 e. The molecule has 2 atom stereocenters. The van der Waals surface area contributed by atoms with E-state index in [-0.39, 0.29) is 13.0 Å². The molecule has 1 saturated carbocycles. The van der Waals surface area contributed by atoms with Crippen molar-refractivity contribution in [1.29, 1.82) is 0 Å². The molecule has 0 radical (unpaired) electrons. The third kappa shape index (κ3) is 5.06. The van der Waals surface area contributed by atoms with Crippen LogP contribution in [0.4, 0.5) is 17.6 Å².